The molecule has 22 heavy (non-hydrogen) atoms. The van der Waals surface area contributed by atoms with Gasteiger partial charge in [0.05, 0.1) is 17.8 Å². The maximum Gasteiger partial charge on any atom is 0.144 e. The zero-order valence-corrected chi connectivity index (χ0v) is 13.1. The van der Waals surface area contributed by atoms with E-state index in [0.717, 1.165) is 34.0 Å². The van der Waals surface area contributed by atoms with Crippen molar-refractivity contribution >= 4 is 22.4 Å². The highest BCUT2D eigenvalue weighted by Crippen LogP contribution is 2.34. The minimum Gasteiger partial charge on any atom is -0.492 e. The van der Waals surface area contributed by atoms with Gasteiger partial charge in [0.15, 0.2) is 0 Å². The van der Waals surface area contributed by atoms with E-state index >= 15 is 0 Å². The Kier molecular flexibility index (Phi) is 3.92. The molecule has 0 N–H and O–H groups in total. The number of nitrogens with zero attached hydrogens (tertiary/aromatic N) is 3. The van der Waals surface area contributed by atoms with Gasteiger partial charge in [-0.1, -0.05) is 24.3 Å². The Morgan fingerprint density at radius 1 is 1.00 bits per heavy atom. The Balaban J connectivity index is 2.15. The molecular weight excluding hydrogens is 274 g/mol. The third-order valence-electron chi connectivity index (χ3n) is 3.54. The third-order valence-corrected chi connectivity index (χ3v) is 3.54. The summed E-state index contributed by atoms with van der Waals surface area (Å²) in [6, 6.07) is 16.1. The number of benzene rings is 2. The molecule has 0 amide bonds. The van der Waals surface area contributed by atoms with Crippen LogP contribution in [-0.2, 0) is 0 Å². The van der Waals surface area contributed by atoms with Crippen molar-refractivity contribution in [3.05, 3.63) is 54.4 Å². The van der Waals surface area contributed by atoms with E-state index in [2.05, 4.69) is 14.9 Å². The summed E-state index contributed by atoms with van der Waals surface area (Å²) in [5.74, 6) is 2.50. The molecule has 0 bridgehead atoms. The van der Waals surface area contributed by atoms with Gasteiger partial charge >= 0.3 is 0 Å². The Morgan fingerprint density at radius 2 is 1.73 bits per heavy atom. The Labute approximate surface area is 130 Å². The van der Waals surface area contributed by atoms with E-state index in [1.165, 1.54) is 0 Å². The fourth-order valence-corrected chi connectivity index (χ4v) is 2.55. The molecule has 0 spiro atoms. The lowest BCUT2D eigenvalue weighted by Gasteiger charge is -2.22. The van der Waals surface area contributed by atoms with Gasteiger partial charge in [0, 0.05) is 12.4 Å². The molecule has 1 aromatic heterocycles. The normalized spacial score (nSPS) is 10.7. The number of anilines is 2. The Hall–Kier alpha value is -2.62. The number of fused-ring (bicyclic) bond motifs is 1. The summed E-state index contributed by atoms with van der Waals surface area (Å²) in [4.78, 5) is 11.2. The predicted octanol–water partition coefficient (Wildman–Crippen LogP) is 4.10. The molecule has 2 aromatic carbocycles. The van der Waals surface area contributed by atoms with Crippen molar-refractivity contribution in [3.8, 4) is 5.75 Å². The van der Waals surface area contributed by atoms with Gasteiger partial charge in [-0.15, -0.1) is 0 Å². The summed E-state index contributed by atoms with van der Waals surface area (Å²) < 4.78 is 5.74. The topological polar surface area (TPSA) is 38.2 Å². The van der Waals surface area contributed by atoms with Crippen molar-refractivity contribution in [3.63, 3.8) is 0 Å². The smallest absolute Gasteiger partial charge is 0.144 e. The van der Waals surface area contributed by atoms with Gasteiger partial charge in [0.25, 0.3) is 0 Å². The van der Waals surface area contributed by atoms with Gasteiger partial charge in [-0.3, -0.25) is 0 Å². The van der Waals surface area contributed by atoms with Gasteiger partial charge in [-0.25, -0.2) is 9.97 Å². The number of hydrogen-bond donors (Lipinski definition) is 0. The van der Waals surface area contributed by atoms with Crippen molar-refractivity contribution < 1.29 is 4.74 Å². The van der Waals surface area contributed by atoms with Crippen LogP contribution in [0.15, 0.2) is 48.5 Å². The summed E-state index contributed by atoms with van der Waals surface area (Å²) in [6.45, 7) is 4.54. The average molecular weight is 293 g/mol. The van der Waals surface area contributed by atoms with Crippen LogP contribution in [0.5, 0.6) is 5.75 Å². The molecule has 112 valence electrons. The van der Waals surface area contributed by atoms with Crippen LogP contribution >= 0.6 is 0 Å². The minimum absolute atomic E-state index is 0.633. The maximum atomic E-state index is 5.74. The third kappa shape index (κ3) is 2.60. The summed E-state index contributed by atoms with van der Waals surface area (Å²) in [7, 11) is 2.01. The highest BCUT2D eigenvalue weighted by molar-refractivity contribution is 5.92. The molecule has 3 rings (SSSR count). The molecule has 0 radical (unpaired) electrons. The molecule has 0 fully saturated rings. The highest BCUT2D eigenvalue weighted by Gasteiger charge is 2.14. The van der Waals surface area contributed by atoms with E-state index in [4.69, 9.17) is 4.74 Å². The monoisotopic (exact) mass is 293 g/mol. The molecule has 0 saturated heterocycles. The summed E-state index contributed by atoms with van der Waals surface area (Å²) in [6.07, 6.45) is 0. The Bertz CT molecular complexity index is 801. The molecule has 0 atom stereocenters. The molecule has 0 aliphatic heterocycles. The number of rotatable bonds is 4. The van der Waals surface area contributed by atoms with E-state index in [-0.39, 0.29) is 0 Å². The van der Waals surface area contributed by atoms with Crippen LogP contribution < -0.4 is 9.64 Å². The molecule has 0 aliphatic rings. The lowest BCUT2D eigenvalue weighted by Crippen LogP contribution is -2.14. The predicted molar refractivity (Wildman–Crippen MR) is 89.9 cm³/mol. The lowest BCUT2D eigenvalue weighted by atomic mass is 10.2. The van der Waals surface area contributed by atoms with E-state index in [1.807, 2.05) is 69.4 Å². The molecular formula is C18H19N3O. The summed E-state index contributed by atoms with van der Waals surface area (Å²) in [5.41, 5.74) is 1.94. The number of hydrogen-bond acceptors (Lipinski definition) is 4. The van der Waals surface area contributed by atoms with Crippen LogP contribution in [0.2, 0.25) is 0 Å². The number of aryl methyl sites for hydroxylation is 1. The quantitative estimate of drug-likeness (QED) is 0.725. The first-order chi connectivity index (χ1) is 10.7. The summed E-state index contributed by atoms with van der Waals surface area (Å²) >= 11 is 0. The molecule has 0 unspecified atom stereocenters. The molecule has 0 saturated carbocycles. The minimum atomic E-state index is 0.633. The number of para-hydroxylation sites is 3. The van der Waals surface area contributed by atoms with Gasteiger partial charge in [-0.05, 0) is 38.1 Å². The molecule has 0 aliphatic carbocycles. The first-order valence-electron chi connectivity index (χ1n) is 7.39. The van der Waals surface area contributed by atoms with E-state index in [1.54, 1.807) is 0 Å². The number of ether oxygens (including phenoxy) is 1. The Morgan fingerprint density at radius 3 is 2.55 bits per heavy atom. The van der Waals surface area contributed by atoms with Crippen LogP contribution in [0.4, 0.5) is 11.5 Å². The van der Waals surface area contributed by atoms with E-state index in [0.29, 0.717) is 6.61 Å². The number of aromatic nitrogens is 2. The lowest BCUT2D eigenvalue weighted by molar-refractivity contribution is 0.341. The second-order valence-electron chi connectivity index (χ2n) is 5.07. The first kappa shape index (κ1) is 14.3. The zero-order chi connectivity index (χ0) is 15.5. The van der Waals surface area contributed by atoms with Gasteiger partial charge < -0.3 is 9.64 Å². The first-order valence-corrected chi connectivity index (χ1v) is 7.39. The fourth-order valence-electron chi connectivity index (χ4n) is 2.55. The average Bonchev–Trinajstić information content (AvgIpc) is 2.54. The van der Waals surface area contributed by atoms with Crippen LogP contribution in [0.3, 0.4) is 0 Å². The van der Waals surface area contributed by atoms with Crippen LogP contribution in [0.1, 0.15) is 12.7 Å². The molecule has 4 nitrogen and oxygen atoms in total. The zero-order valence-electron chi connectivity index (χ0n) is 13.1. The SMILES string of the molecule is CCOc1ccccc1N(C)c1nc(C)nc2ccccc12. The van der Waals surface area contributed by atoms with Crippen molar-refractivity contribution in [2.75, 3.05) is 18.6 Å². The van der Waals surface area contributed by atoms with Crippen molar-refractivity contribution in [2.45, 2.75) is 13.8 Å². The van der Waals surface area contributed by atoms with E-state index in [9.17, 15) is 0 Å². The standard InChI is InChI=1S/C18H19N3O/c1-4-22-17-12-8-7-11-16(17)21(3)18-14-9-5-6-10-15(14)19-13(2)20-18/h5-12H,4H2,1-3H3. The molecule has 1 heterocycles. The maximum absolute atomic E-state index is 5.74. The van der Waals surface area contributed by atoms with Crippen LogP contribution in [0, 0.1) is 6.92 Å². The summed E-state index contributed by atoms with van der Waals surface area (Å²) in [5, 5.41) is 1.03. The second kappa shape index (κ2) is 6.02. The van der Waals surface area contributed by atoms with Crippen LogP contribution in [-0.4, -0.2) is 23.6 Å². The van der Waals surface area contributed by atoms with Crippen LogP contribution in [0.25, 0.3) is 10.9 Å². The largest absolute Gasteiger partial charge is 0.492 e. The van der Waals surface area contributed by atoms with Gasteiger partial charge in [0.2, 0.25) is 0 Å². The van der Waals surface area contributed by atoms with Crippen molar-refractivity contribution in [1.29, 1.82) is 0 Å². The van der Waals surface area contributed by atoms with Gasteiger partial charge in [-0.2, -0.15) is 0 Å². The highest BCUT2D eigenvalue weighted by atomic mass is 16.5. The molecule has 3 aromatic rings. The molecule has 4 heteroatoms. The van der Waals surface area contributed by atoms with Crippen molar-refractivity contribution in [1.82, 2.24) is 9.97 Å². The van der Waals surface area contributed by atoms with E-state index < -0.39 is 0 Å². The van der Waals surface area contributed by atoms with Gasteiger partial charge in [0.1, 0.15) is 17.4 Å². The second-order valence-corrected chi connectivity index (χ2v) is 5.07. The fraction of sp³-hybridized carbons (Fsp3) is 0.222. The van der Waals surface area contributed by atoms with Crippen molar-refractivity contribution in [2.24, 2.45) is 0 Å².